The maximum Gasteiger partial charge on any atom is 0.178 e. The lowest BCUT2D eigenvalue weighted by Gasteiger charge is -1.98. The van der Waals surface area contributed by atoms with Gasteiger partial charge in [-0.15, -0.1) is 22.7 Å². The molecule has 0 bridgehead atoms. The molecule has 0 N–H and O–H groups in total. The van der Waals surface area contributed by atoms with Gasteiger partial charge < -0.3 is 8.83 Å². The molecule has 0 aliphatic heterocycles. The minimum Gasteiger partial charge on any atom is -0.452 e. The number of fused-ring (bicyclic) bond motifs is 7. The van der Waals surface area contributed by atoms with E-state index in [9.17, 15) is 0 Å². The first-order valence-corrected chi connectivity index (χ1v) is 11.8. The summed E-state index contributed by atoms with van der Waals surface area (Å²) in [6.45, 7) is 2.15. The SMILES string of the molecule is Cc1ccc(-c2ccc(-c3ccc4oc5c(ccc6c7ccccc7oc65)c4c3)s2)s1. The molecule has 31 heavy (non-hydrogen) atoms. The molecule has 0 radical (unpaired) electrons. The van der Waals surface area contributed by atoms with E-state index < -0.39 is 0 Å². The number of hydrogen-bond donors (Lipinski definition) is 0. The van der Waals surface area contributed by atoms with Crippen molar-refractivity contribution in [2.45, 2.75) is 6.92 Å². The van der Waals surface area contributed by atoms with E-state index in [1.807, 2.05) is 40.9 Å². The Labute approximate surface area is 186 Å². The van der Waals surface area contributed by atoms with Crippen LogP contribution in [-0.2, 0) is 0 Å². The Morgan fingerprint density at radius 1 is 0.548 bits per heavy atom. The Morgan fingerprint density at radius 3 is 2.03 bits per heavy atom. The van der Waals surface area contributed by atoms with Gasteiger partial charge in [-0.05, 0) is 73.2 Å². The fraction of sp³-hybridized carbons (Fsp3) is 0.0370. The number of para-hydroxylation sites is 1. The Morgan fingerprint density at radius 2 is 1.23 bits per heavy atom. The molecule has 7 aromatic rings. The third kappa shape index (κ3) is 2.55. The monoisotopic (exact) mass is 436 g/mol. The van der Waals surface area contributed by atoms with E-state index in [1.54, 1.807) is 0 Å². The van der Waals surface area contributed by atoms with Gasteiger partial charge in [0.2, 0.25) is 0 Å². The van der Waals surface area contributed by atoms with Crippen LogP contribution >= 0.6 is 22.7 Å². The van der Waals surface area contributed by atoms with E-state index in [4.69, 9.17) is 8.83 Å². The lowest BCUT2D eigenvalue weighted by atomic mass is 10.1. The van der Waals surface area contributed by atoms with Crippen LogP contribution in [0.5, 0.6) is 0 Å². The van der Waals surface area contributed by atoms with E-state index in [0.29, 0.717) is 0 Å². The predicted molar refractivity (Wildman–Crippen MR) is 132 cm³/mol. The summed E-state index contributed by atoms with van der Waals surface area (Å²) in [6.07, 6.45) is 0. The van der Waals surface area contributed by atoms with Gasteiger partial charge in [0, 0.05) is 41.1 Å². The zero-order valence-corrected chi connectivity index (χ0v) is 18.3. The van der Waals surface area contributed by atoms with Crippen LogP contribution in [0.2, 0.25) is 0 Å². The molecule has 4 aromatic heterocycles. The van der Waals surface area contributed by atoms with E-state index in [-0.39, 0.29) is 0 Å². The number of thiophene rings is 2. The number of furan rings is 2. The van der Waals surface area contributed by atoms with Crippen molar-refractivity contribution < 1.29 is 8.83 Å². The number of aryl methyl sites for hydroxylation is 1. The van der Waals surface area contributed by atoms with Crippen molar-refractivity contribution >= 4 is 66.6 Å². The molecule has 0 amide bonds. The largest absolute Gasteiger partial charge is 0.452 e. The van der Waals surface area contributed by atoms with Crippen LogP contribution in [0.3, 0.4) is 0 Å². The van der Waals surface area contributed by atoms with Gasteiger partial charge in [-0.3, -0.25) is 0 Å². The summed E-state index contributed by atoms with van der Waals surface area (Å²) in [7, 11) is 0. The van der Waals surface area contributed by atoms with Crippen molar-refractivity contribution in [2.24, 2.45) is 0 Å². The van der Waals surface area contributed by atoms with Crippen molar-refractivity contribution in [1.29, 1.82) is 0 Å². The Bertz CT molecular complexity index is 1760. The molecular weight excluding hydrogens is 420 g/mol. The molecule has 0 atom stereocenters. The molecule has 4 heterocycles. The van der Waals surface area contributed by atoms with E-state index in [1.165, 1.54) is 25.1 Å². The molecule has 7 rings (SSSR count). The normalized spacial score (nSPS) is 12.0. The number of hydrogen-bond acceptors (Lipinski definition) is 4. The van der Waals surface area contributed by atoms with Gasteiger partial charge in [0.1, 0.15) is 11.2 Å². The van der Waals surface area contributed by atoms with Crippen LogP contribution in [-0.4, -0.2) is 0 Å². The average molecular weight is 437 g/mol. The third-order valence-corrected chi connectivity index (χ3v) is 8.19. The zero-order chi connectivity index (χ0) is 20.5. The Kier molecular flexibility index (Phi) is 3.54. The summed E-state index contributed by atoms with van der Waals surface area (Å²) in [5, 5.41) is 4.43. The molecule has 0 unspecified atom stereocenters. The van der Waals surface area contributed by atoms with Crippen molar-refractivity contribution in [3.8, 4) is 20.2 Å². The van der Waals surface area contributed by atoms with Crippen molar-refractivity contribution in [2.75, 3.05) is 0 Å². The van der Waals surface area contributed by atoms with Crippen LogP contribution in [0.25, 0.3) is 64.1 Å². The molecule has 0 saturated carbocycles. The van der Waals surface area contributed by atoms with Crippen molar-refractivity contribution in [3.05, 3.63) is 83.7 Å². The molecule has 3 aromatic carbocycles. The summed E-state index contributed by atoms with van der Waals surface area (Å²) in [5.41, 5.74) is 4.63. The van der Waals surface area contributed by atoms with Gasteiger partial charge in [-0.1, -0.05) is 18.2 Å². The van der Waals surface area contributed by atoms with Crippen LogP contribution in [0.1, 0.15) is 4.88 Å². The van der Waals surface area contributed by atoms with Crippen molar-refractivity contribution in [1.82, 2.24) is 0 Å². The van der Waals surface area contributed by atoms with E-state index in [0.717, 1.165) is 43.9 Å². The van der Waals surface area contributed by atoms with Gasteiger partial charge in [0.25, 0.3) is 0 Å². The lowest BCUT2D eigenvalue weighted by molar-refractivity contribution is 0.633. The minimum atomic E-state index is 0.821. The molecule has 0 aliphatic rings. The van der Waals surface area contributed by atoms with E-state index >= 15 is 0 Å². The van der Waals surface area contributed by atoms with Crippen LogP contribution in [0, 0.1) is 6.92 Å². The highest BCUT2D eigenvalue weighted by Crippen LogP contribution is 2.42. The summed E-state index contributed by atoms with van der Waals surface area (Å²) < 4.78 is 12.4. The van der Waals surface area contributed by atoms with Crippen molar-refractivity contribution in [3.63, 3.8) is 0 Å². The molecule has 4 heteroatoms. The van der Waals surface area contributed by atoms with E-state index in [2.05, 4.69) is 67.6 Å². The summed E-state index contributed by atoms with van der Waals surface area (Å²) in [6, 6.07) is 27.7. The quantitative estimate of drug-likeness (QED) is 0.270. The lowest BCUT2D eigenvalue weighted by Crippen LogP contribution is -1.72. The maximum atomic E-state index is 6.27. The summed E-state index contributed by atoms with van der Waals surface area (Å²) in [4.78, 5) is 5.25. The zero-order valence-electron chi connectivity index (χ0n) is 16.6. The molecule has 0 aliphatic carbocycles. The molecule has 0 saturated heterocycles. The van der Waals surface area contributed by atoms with Crippen LogP contribution in [0.15, 0.2) is 87.7 Å². The van der Waals surface area contributed by atoms with Crippen LogP contribution in [0.4, 0.5) is 0 Å². The fourth-order valence-electron chi connectivity index (χ4n) is 4.36. The third-order valence-electron chi connectivity index (χ3n) is 5.86. The smallest absolute Gasteiger partial charge is 0.178 e. The number of benzene rings is 3. The highest BCUT2D eigenvalue weighted by atomic mass is 32.1. The molecule has 0 spiro atoms. The predicted octanol–water partition coefficient (Wildman–Crippen LogP) is 9.25. The highest BCUT2D eigenvalue weighted by Gasteiger charge is 2.16. The first-order chi connectivity index (χ1) is 15.2. The molecule has 0 fully saturated rings. The second-order valence-electron chi connectivity index (χ2n) is 7.80. The molecule has 148 valence electrons. The second kappa shape index (κ2) is 6.33. The molecular formula is C27H16O2S2. The first-order valence-electron chi connectivity index (χ1n) is 10.2. The topological polar surface area (TPSA) is 26.3 Å². The first kappa shape index (κ1) is 17.4. The van der Waals surface area contributed by atoms with Gasteiger partial charge in [0.15, 0.2) is 11.2 Å². The minimum absolute atomic E-state index is 0.821. The van der Waals surface area contributed by atoms with Gasteiger partial charge in [-0.2, -0.15) is 0 Å². The van der Waals surface area contributed by atoms with Gasteiger partial charge in [-0.25, -0.2) is 0 Å². The van der Waals surface area contributed by atoms with Gasteiger partial charge >= 0.3 is 0 Å². The second-order valence-corrected chi connectivity index (χ2v) is 10.2. The highest BCUT2D eigenvalue weighted by molar-refractivity contribution is 7.23. The Hall–Kier alpha value is -3.34. The molecule has 2 nitrogen and oxygen atoms in total. The standard InChI is InChI=1S/C27H16O2S2/c1-15-6-11-24(30-15)25-13-12-23(31-25)16-7-10-22-20(14-16)19-9-8-18-17-4-2-3-5-21(17)28-26(18)27(19)29-22/h2-14H,1H3. The van der Waals surface area contributed by atoms with Gasteiger partial charge in [0.05, 0.1) is 0 Å². The fourth-order valence-corrected chi connectivity index (χ4v) is 6.32. The summed E-state index contributed by atoms with van der Waals surface area (Å²) in [5.74, 6) is 0. The maximum absolute atomic E-state index is 6.27. The average Bonchev–Trinajstić information content (AvgIpc) is 3.56. The van der Waals surface area contributed by atoms with Crippen LogP contribution < -0.4 is 0 Å². The summed E-state index contributed by atoms with van der Waals surface area (Å²) >= 11 is 3.68. The Balaban J connectivity index is 1.42. The number of rotatable bonds is 2.